The highest BCUT2D eigenvalue weighted by Crippen LogP contribution is 2.47. The Hall–Kier alpha value is -1.39. The van der Waals surface area contributed by atoms with E-state index in [1.807, 2.05) is 48.6 Å². The molecule has 17 atom stereocenters. The maximum absolute atomic E-state index is 14.3. The van der Waals surface area contributed by atoms with E-state index in [1.165, 1.54) is 14.0 Å². The minimum absolute atomic E-state index is 0.175. The van der Waals surface area contributed by atoms with Gasteiger partial charge >= 0.3 is 5.97 Å². The molecular weight excluding hydrogens is 674 g/mol. The molecule has 4 N–H and O–H groups in total. The number of rotatable bonds is 9. The van der Waals surface area contributed by atoms with E-state index in [0.29, 0.717) is 31.4 Å². The number of methoxy groups -OCH3 is 1. The number of esters is 1. The van der Waals surface area contributed by atoms with E-state index in [-0.39, 0.29) is 18.6 Å². The van der Waals surface area contributed by atoms with Gasteiger partial charge in [-0.2, -0.15) is 0 Å². The Morgan fingerprint density at radius 1 is 0.962 bits per heavy atom. The SMILES string of the molecule is CCCC1OC(=O)[C@H](C)[C@@H](OC2C[C@@](C)(OC)C(O)[C@H](C)O2)[C@H](C)[C@@H](OC2O[C@H](C)C[C@H](N(C)CC)[C@H]2O)[C@@]2(C)CC(C)=C(O2)[C@@H](C)[C@@H](O)[C@]1(C)O. The number of fused-ring (bicyclic) bond motifs is 2. The zero-order valence-corrected chi connectivity index (χ0v) is 33.8. The Labute approximate surface area is 311 Å². The first-order chi connectivity index (χ1) is 24.1. The van der Waals surface area contributed by atoms with Crippen LogP contribution in [-0.4, -0.2) is 136 Å². The van der Waals surface area contributed by atoms with Crippen LogP contribution in [0.3, 0.4) is 0 Å². The van der Waals surface area contributed by atoms with Crippen LogP contribution in [0, 0.1) is 17.8 Å². The fraction of sp³-hybridized carbons (Fsp3) is 0.923. The maximum Gasteiger partial charge on any atom is 0.311 e. The Morgan fingerprint density at radius 3 is 2.21 bits per heavy atom. The van der Waals surface area contributed by atoms with Crippen LogP contribution >= 0.6 is 0 Å². The molecule has 52 heavy (non-hydrogen) atoms. The molecule has 13 nitrogen and oxygen atoms in total. The van der Waals surface area contributed by atoms with Gasteiger partial charge < -0.3 is 58.5 Å². The first-order valence-corrected chi connectivity index (χ1v) is 19.4. The monoisotopic (exact) mass is 743 g/mol. The summed E-state index contributed by atoms with van der Waals surface area (Å²) in [6.07, 6.45) is -6.70. The molecule has 4 aliphatic heterocycles. The lowest BCUT2D eigenvalue weighted by atomic mass is 9.78. The lowest BCUT2D eigenvalue weighted by Crippen LogP contribution is -2.60. The molecule has 0 aromatic rings. The van der Waals surface area contributed by atoms with Gasteiger partial charge in [-0.25, -0.2) is 0 Å². The summed E-state index contributed by atoms with van der Waals surface area (Å²) in [7, 11) is 3.50. The van der Waals surface area contributed by atoms with Gasteiger partial charge in [0.15, 0.2) is 12.6 Å². The van der Waals surface area contributed by atoms with Crippen molar-refractivity contribution in [2.24, 2.45) is 17.8 Å². The van der Waals surface area contributed by atoms with Gasteiger partial charge in [0.25, 0.3) is 0 Å². The van der Waals surface area contributed by atoms with Crippen molar-refractivity contribution in [2.75, 3.05) is 20.7 Å². The van der Waals surface area contributed by atoms with Crippen LogP contribution in [0.25, 0.3) is 0 Å². The number of ether oxygens (including phenoxy) is 7. The summed E-state index contributed by atoms with van der Waals surface area (Å²) in [5.41, 5.74) is -3.00. The molecule has 3 saturated heterocycles. The zero-order chi connectivity index (χ0) is 39.1. The third-order valence-corrected chi connectivity index (χ3v) is 12.5. The minimum atomic E-state index is -1.82. The van der Waals surface area contributed by atoms with Crippen molar-refractivity contribution in [3.05, 3.63) is 11.3 Å². The molecule has 2 bridgehead atoms. The van der Waals surface area contributed by atoms with Crippen LogP contribution in [0.4, 0.5) is 0 Å². The summed E-state index contributed by atoms with van der Waals surface area (Å²) in [5.74, 6) is -2.30. The van der Waals surface area contributed by atoms with Crippen LogP contribution in [0.2, 0.25) is 0 Å². The normalized spacial score (nSPS) is 48.1. The first-order valence-electron chi connectivity index (χ1n) is 19.4. The summed E-state index contributed by atoms with van der Waals surface area (Å²) < 4.78 is 45.0. The van der Waals surface area contributed by atoms with Gasteiger partial charge in [0.1, 0.15) is 41.4 Å². The van der Waals surface area contributed by atoms with Gasteiger partial charge in [-0.3, -0.25) is 4.79 Å². The second-order valence-electron chi connectivity index (χ2n) is 16.8. The standard InChI is InChI=1S/C39H69NO12/c1-14-16-27-39(11,45)32(42)22(5)30-20(3)18-38(10,52-30)34(51-36-29(41)26(40(12)15-2)17-21(4)47-36)23(6)31(24(7)35(44)49-27)50-28-19-37(9,46-13)33(43)25(8)48-28/h21-29,31-34,36,41-43,45H,14-19H2,1-13H3/t21-,22-,23+,24-,25+,26+,27?,28?,29-,31+,32-,33?,34-,36?,37-,38-,39-/m1/s1. The number of hydrogen-bond acceptors (Lipinski definition) is 13. The third kappa shape index (κ3) is 8.54. The number of carbonyl (C=O) groups is 1. The molecule has 13 heteroatoms. The molecule has 4 heterocycles. The smallest absolute Gasteiger partial charge is 0.311 e. The molecular formula is C39H69NO12. The molecule has 0 saturated carbocycles. The molecule has 4 unspecified atom stereocenters. The summed E-state index contributed by atoms with van der Waals surface area (Å²) >= 11 is 0. The number of carbonyl (C=O) groups excluding carboxylic acids is 1. The molecule has 4 aliphatic rings. The molecule has 0 radical (unpaired) electrons. The van der Waals surface area contributed by atoms with E-state index >= 15 is 0 Å². The van der Waals surface area contributed by atoms with Crippen LogP contribution in [0.15, 0.2) is 11.3 Å². The second kappa shape index (κ2) is 16.8. The Morgan fingerprint density at radius 2 is 1.62 bits per heavy atom. The van der Waals surface area contributed by atoms with Crippen molar-refractivity contribution in [2.45, 2.75) is 193 Å². The summed E-state index contributed by atoms with van der Waals surface area (Å²) in [6, 6.07) is -0.222. The number of nitrogens with zero attached hydrogens (tertiary/aromatic N) is 1. The van der Waals surface area contributed by atoms with Crippen molar-refractivity contribution < 1.29 is 58.4 Å². The summed E-state index contributed by atoms with van der Waals surface area (Å²) in [5, 5.41) is 46.3. The zero-order valence-electron chi connectivity index (χ0n) is 33.8. The second-order valence-corrected chi connectivity index (χ2v) is 16.8. The van der Waals surface area contributed by atoms with Gasteiger partial charge in [0, 0.05) is 37.8 Å². The quantitative estimate of drug-likeness (QED) is 0.253. The van der Waals surface area contributed by atoms with Gasteiger partial charge in [-0.15, -0.1) is 0 Å². The number of hydrogen-bond donors (Lipinski definition) is 4. The molecule has 0 spiro atoms. The number of aliphatic hydroxyl groups is 4. The summed E-state index contributed by atoms with van der Waals surface area (Å²) in [4.78, 5) is 16.3. The van der Waals surface area contributed by atoms with Crippen LogP contribution in [0.5, 0.6) is 0 Å². The fourth-order valence-electron chi connectivity index (χ4n) is 9.00. The van der Waals surface area contributed by atoms with Crippen molar-refractivity contribution in [3.63, 3.8) is 0 Å². The Kier molecular flexibility index (Phi) is 14.0. The average molecular weight is 744 g/mol. The van der Waals surface area contributed by atoms with Crippen molar-refractivity contribution >= 4 is 5.97 Å². The van der Waals surface area contributed by atoms with Gasteiger partial charge in [-0.05, 0) is 80.5 Å². The van der Waals surface area contributed by atoms with E-state index in [0.717, 1.165) is 12.1 Å². The van der Waals surface area contributed by atoms with Crippen molar-refractivity contribution in [1.82, 2.24) is 4.90 Å². The van der Waals surface area contributed by atoms with Gasteiger partial charge in [-0.1, -0.05) is 34.1 Å². The molecule has 4 rings (SSSR count). The van der Waals surface area contributed by atoms with Crippen molar-refractivity contribution in [1.29, 1.82) is 0 Å². The van der Waals surface area contributed by atoms with E-state index in [9.17, 15) is 25.2 Å². The lowest BCUT2D eigenvalue weighted by Gasteiger charge is -2.48. The maximum atomic E-state index is 14.3. The summed E-state index contributed by atoms with van der Waals surface area (Å²) in [6.45, 7) is 21.0. The van der Waals surface area contributed by atoms with Crippen LogP contribution in [-0.2, 0) is 38.0 Å². The van der Waals surface area contributed by atoms with Crippen LogP contribution < -0.4 is 0 Å². The number of cyclic esters (lactones) is 1. The van der Waals surface area contributed by atoms with E-state index in [1.54, 1.807) is 27.7 Å². The molecule has 3 fully saturated rings. The number of aliphatic hydroxyl groups excluding tert-OH is 3. The fourth-order valence-corrected chi connectivity index (χ4v) is 9.00. The molecule has 0 aliphatic carbocycles. The van der Waals surface area contributed by atoms with Crippen molar-refractivity contribution in [3.8, 4) is 0 Å². The Bertz CT molecular complexity index is 1250. The van der Waals surface area contributed by atoms with Gasteiger partial charge in [0.2, 0.25) is 0 Å². The third-order valence-electron chi connectivity index (χ3n) is 12.5. The predicted octanol–water partition coefficient (Wildman–Crippen LogP) is 3.67. The highest BCUT2D eigenvalue weighted by Gasteiger charge is 2.56. The molecule has 0 amide bonds. The minimum Gasteiger partial charge on any atom is -0.489 e. The van der Waals surface area contributed by atoms with E-state index in [2.05, 4.69) is 4.90 Å². The molecule has 0 aromatic heterocycles. The highest BCUT2D eigenvalue weighted by atomic mass is 16.7. The van der Waals surface area contributed by atoms with E-state index in [4.69, 9.17) is 33.2 Å². The van der Waals surface area contributed by atoms with Crippen LogP contribution in [0.1, 0.15) is 108 Å². The van der Waals surface area contributed by atoms with E-state index < -0.39 is 95.8 Å². The molecule has 0 aromatic carbocycles. The number of likely N-dealkylation sites (N-methyl/N-ethyl adjacent to an activating group) is 1. The average Bonchev–Trinajstić information content (AvgIpc) is 3.41. The lowest BCUT2D eigenvalue weighted by molar-refractivity contribution is -0.317. The highest BCUT2D eigenvalue weighted by molar-refractivity contribution is 5.73. The molecule has 302 valence electrons. The first kappa shape index (κ1) is 43.3. The predicted molar refractivity (Wildman–Crippen MR) is 193 cm³/mol. The van der Waals surface area contributed by atoms with Gasteiger partial charge in [0.05, 0.1) is 35.9 Å². The largest absolute Gasteiger partial charge is 0.489 e. The Balaban J connectivity index is 1.85. The topological polar surface area (TPSA) is 166 Å².